The zero-order valence-corrected chi connectivity index (χ0v) is 13.9. The molecule has 0 atom stereocenters. The average molecular weight is 283 g/mol. The maximum atomic E-state index is 4.72. The maximum absolute atomic E-state index is 4.72. The summed E-state index contributed by atoms with van der Waals surface area (Å²) in [6.45, 7) is 10.7. The van der Waals surface area contributed by atoms with E-state index < -0.39 is 0 Å². The van der Waals surface area contributed by atoms with Crippen LogP contribution in [0.15, 0.2) is 57.0 Å². The van der Waals surface area contributed by atoms with Crippen molar-refractivity contribution in [2.75, 3.05) is 7.05 Å². The fraction of sp³-hybridized carbons (Fsp3) is 0.444. The van der Waals surface area contributed by atoms with E-state index >= 15 is 0 Å². The fourth-order valence-corrected chi connectivity index (χ4v) is 2.15. The Labute approximate surface area is 128 Å². The van der Waals surface area contributed by atoms with Crippen LogP contribution in [0.1, 0.15) is 34.6 Å². The third-order valence-electron chi connectivity index (χ3n) is 3.62. The molecule has 0 saturated carbocycles. The summed E-state index contributed by atoms with van der Waals surface area (Å²) in [5, 5.41) is 3.24. The zero-order valence-electron chi connectivity index (χ0n) is 13.9. The highest BCUT2D eigenvalue weighted by atomic mass is 14.9. The number of rotatable bonds is 2. The van der Waals surface area contributed by atoms with Crippen molar-refractivity contribution in [1.82, 2.24) is 5.32 Å². The minimum atomic E-state index is -0.0537. The third kappa shape index (κ3) is 3.60. The Bertz CT molecular complexity index is 608. The second-order valence-electron chi connectivity index (χ2n) is 6.87. The predicted octanol–water partition coefficient (Wildman–Crippen LogP) is 4.03. The number of allylic oxidation sites excluding steroid dienone is 5. The summed E-state index contributed by atoms with van der Waals surface area (Å²) in [6, 6.07) is 0. The minimum Gasteiger partial charge on any atom is -0.386 e. The van der Waals surface area contributed by atoms with Crippen molar-refractivity contribution in [2.45, 2.75) is 34.6 Å². The van der Waals surface area contributed by atoms with E-state index in [1.54, 1.807) is 0 Å². The van der Waals surface area contributed by atoms with Crippen molar-refractivity contribution < 1.29 is 0 Å². The molecule has 21 heavy (non-hydrogen) atoms. The number of hydrogen-bond donors (Lipinski definition) is 1. The molecule has 2 aliphatic heterocycles. The summed E-state index contributed by atoms with van der Waals surface area (Å²) in [4.78, 5) is 9.43. The van der Waals surface area contributed by atoms with Crippen LogP contribution in [0.5, 0.6) is 0 Å². The minimum absolute atomic E-state index is 0.0348. The topological polar surface area (TPSA) is 36.8 Å². The summed E-state index contributed by atoms with van der Waals surface area (Å²) < 4.78 is 0. The highest BCUT2D eigenvalue weighted by Gasteiger charge is 2.20. The molecule has 0 aromatic heterocycles. The van der Waals surface area contributed by atoms with E-state index in [-0.39, 0.29) is 10.8 Å². The number of aliphatic imine (C=N–C) groups is 2. The Morgan fingerprint density at radius 3 is 1.95 bits per heavy atom. The predicted molar refractivity (Wildman–Crippen MR) is 91.6 cm³/mol. The van der Waals surface area contributed by atoms with Gasteiger partial charge in [0.15, 0.2) is 0 Å². The van der Waals surface area contributed by atoms with E-state index in [0.29, 0.717) is 0 Å². The molecule has 112 valence electrons. The lowest BCUT2D eigenvalue weighted by Gasteiger charge is -2.12. The molecule has 0 bridgehead atoms. The van der Waals surface area contributed by atoms with Gasteiger partial charge in [0.05, 0.1) is 11.4 Å². The number of hydrogen-bond acceptors (Lipinski definition) is 3. The lowest BCUT2D eigenvalue weighted by molar-refractivity contribution is 0.693. The van der Waals surface area contributed by atoms with Crippen molar-refractivity contribution in [1.29, 1.82) is 0 Å². The number of nitrogens with one attached hydrogen (secondary N) is 1. The Kier molecular flexibility index (Phi) is 4.04. The Morgan fingerprint density at radius 2 is 1.38 bits per heavy atom. The van der Waals surface area contributed by atoms with E-state index in [2.05, 4.69) is 64.2 Å². The quantitative estimate of drug-likeness (QED) is 0.816. The molecule has 1 N–H and O–H groups in total. The molecular formula is C18H25N3. The second kappa shape index (κ2) is 5.47. The van der Waals surface area contributed by atoms with Gasteiger partial charge in [-0.2, -0.15) is 0 Å². The van der Waals surface area contributed by atoms with E-state index in [0.717, 1.165) is 22.7 Å². The van der Waals surface area contributed by atoms with Crippen LogP contribution in [-0.2, 0) is 0 Å². The van der Waals surface area contributed by atoms with E-state index in [1.165, 1.54) is 0 Å². The summed E-state index contributed by atoms with van der Waals surface area (Å²) in [6.07, 6.45) is 12.5. The number of nitrogens with zero attached hydrogens (tertiary/aromatic N) is 2. The zero-order chi connectivity index (χ0) is 15.7. The van der Waals surface area contributed by atoms with Gasteiger partial charge in [0.25, 0.3) is 0 Å². The molecule has 3 heteroatoms. The van der Waals surface area contributed by atoms with Gasteiger partial charge in [-0.1, -0.05) is 45.9 Å². The summed E-state index contributed by atoms with van der Waals surface area (Å²) >= 11 is 0. The van der Waals surface area contributed by atoms with Crippen molar-refractivity contribution in [2.24, 2.45) is 20.8 Å². The first kappa shape index (κ1) is 15.5. The van der Waals surface area contributed by atoms with Gasteiger partial charge in [0.1, 0.15) is 5.70 Å². The standard InChI is InChI=1S/C18H25N3/c1-13-7-9-17(2,3)11-20-15(13)16-14(19-6)8-10-18(4,5)12-21-16/h7-12,19H,1-6H3. The van der Waals surface area contributed by atoms with Gasteiger partial charge in [0.2, 0.25) is 0 Å². The van der Waals surface area contributed by atoms with E-state index in [1.807, 2.05) is 19.5 Å². The maximum Gasteiger partial charge on any atom is 0.112 e. The summed E-state index contributed by atoms with van der Waals surface area (Å²) in [5.41, 5.74) is 3.87. The Balaban J connectivity index is 2.56. The normalized spacial score (nSPS) is 23.3. The summed E-state index contributed by atoms with van der Waals surface area (Å²) in [5.74, 6) is 0. The third-order valence-corrected chi connectivity index (χ3v) is 3.62. The molecule has 0 aliphatic carbocycles. The second-order valence-corrected chi connectivity index (χ2v) is 6.87. The smallest absolute Gasteiger partial charge is 0.112 e. The molecule has 2 aliphatic rings. The van der Waals surface area contributed by atoms with Gasteiger partial charge in [-0.25, -0.2) is 0 Å². The first-order valence-electron chi connectivity index (χ1n) is 7.36. The van der Waals surface area contributed by atoms with Crippen LogP contribution in [0.4, 0.5) is 0 Å². The van der Waals surface area contributed by atoms with Gasteiger partial charge >= 0.3 is 0 Å². The Morgan fingerprint density at radius 1 is 0.857 bits per heavy atom. The lowest BCUT2D eigenvalue weighted by Crippen LogP contribution is -2.09. The molecule has 0 amide bonds. The summed E-state index contributed by atoms with van der Waals surface area (Å²) in [7, 11) is 1.92. The number of likely N-dealkylation sites (N-methyl/N-ethyl adjacent to an activating group) is 1. The molecule has 3 nitrogen and oxygen atoms in total. The van der Waals surface area contributed by atoms with Gasteiger partial charge in [0, 0.05) is 30.3 Å². The first-order valence-corrected chi connectivity index (χ1v) is 7.36. The SMILES string of the molecule is CNC1=C(C2=C(C)C=CC(C)(C)C=N2)N=CC(C)(C)C=C1. The van der Waals surface area contributed by atoms with E-state index in [4.69, 9.17) is 9.98 Å². The van der Waals surface area contributed by atoms with Gasteiger partial charge in [-0.05, 0) is 18.6 Å². The molecule has 0 aromatic carbocycles. The molecule has 0 saturated heterocycles. The largest absolute Gasteiger partial charge is 0.386 e. The molecule has 0 aromatic rings. The van der Waals surface area contributed by atoms with Crippen LogP contribution < -0.4 is 5.32 Å². The van der Waals surface area contributed by atoms with Crippen molar-refractivity contribution in [3.63, 3.8) is 0 Å². The fourth-order valence-electron chi connectivity index (χ4n) is 2.15. The molecule has 0 fully saturated rings. The highest BCUT2D eigenvalue weighted by Crippen LogP contribution is 2.30. The van der Waals surface area contributed by atoms with Crippen LogP contribution >= 0.6 is 0 Å². The van der Waals surface area contributed by atoms with Crippen LogP contribution in [0.2, 0.25) is 0 Å². The van der Waals surface area contributed by atoms with Crippen LogP contribution in [0.3, 0.4) is 0 Å². The van der Waals surface area contributed by atoms with E-state index in [9.17, 15) is 0 Å². The Hall–Kier alpha value is -1.90. The molecule has 2 heterocycles. The average Bonchev–Trinajstić information content (AvgIpc) is 2.63. The highest BCUT2D eigenvalue weighted by molar-refractivity contribution is 5.74. The monoisotopic (exact) mass is 283 g/mol. The van der Waals surface area contributed by atoms with Crippen molar-refractivity contribution in [3.8, 4) is 0 Å². The first-order chi connectivity index (χ1) is 9.74. The van der Waals surface area contributed by atoms with Gasteiger partial charge < -0.3 is 5.32 Å². The lowest BCUT2D eigenvalue weighted by atomic mass is 9.95. The van der Waals surface area contributed by atoms with Gasteiger partial charge in [-0.3, -0.25) is 9.98 Å². The van der Waals surface area contributed by atoms with Crippen LogP contribution in [0, 0.1) is 10.8 Å². The molecule has 0 spiro atoms. The van der Waals surface area contributed by atoms with Crippen molar-refractivity contribution in [3.05, 3.63) is 47.0 Å². The molecule has 0 radical (unpaired) electrons. The molecule has 2 rings (SSSR count). The van der Waals surface area contributed by atoms with Crippen molar-refractivity contribution >= 4 is 12.4 Å². The molecular weight excluding hydrogens is 258 g/mol. The van der Waals surface area contributed by atoms with Crippen LogP contribution in [-0.4, -0.2) is 19.5 Å². The molecule has 0 unspecified atom stereocenters. The van der Waals surface area contributed by atoms with Crippen LogP contribution in [0.25, 0.3) is 0 Å². The van der Waals surface area contributed by atoms with Gasteiger partial charge in [-0.15, -0.1) is 0 Å².